The van der Waals surface area contributed by atoms with Gasteiger partial charge in [0.25, 0.3) is 11.5 Å². The number of nitrogens with one attached hydrogen (secondary N) is 1. The summed E-state index contributed by atoms with van der Waals surface area (Å²) in [6, 6.07) is 16.6. The van der Waals surface area contributed by atoms with Gasteiger partial charge in [-0.3, -0.25) is 19.1 Å². The number of benzene rings is 2. The molecule has 0 saturated carbocycles. The van der Waals surface area contributed by atoms with E-state index in [0.717, 1.165) is 17.5 Å². The molecule has 1 aromatic heterocycles. The topological polar surface area (TPSA) is 101 Å². The third kappa shape index (κ3) is 4.35. The zero-order valence-electron chi connectivity index (χ0n) is 17.2. The van der Waals surface area contributed by atoms with Crippen LogP contribution in [-0.4, -0.2) is 22.0 Å². The van der Waals surface area contributed by atoms with E-state index in [-0.39, 0.29) is 24.0 Å². The average molecular weight is 406 g/mol. The molecule has 0 aliphatic carbocycles. The summed E-state index contributed by atoms with van der Waals surface area (Å²) in [5, 5.41) is 0. The van der Waals surface area contributed by atoms with Crippen molar-refractivity contribution >= 4 is 17.4 Å². The van der Waals surface area contributed by atoms with Crippen molar-refractivity contribution in [3.05, 3.63) is 92.1 Å². The highest BCUT2D eigenvalue weighted by atomic mass is 16.2. The van der Waals surface area contributed by atoms with Gasteiger partial charge in [0.1, 0.15) is 5.82 Å². The third-order valence-corrected chi connectivity index (χ3v) is 4.97. The molecular weight excluding hydrogens is 380 g/mol. The number of hydrogen-bond acceptors (Lipinski definition) is 4. The second kappa shape index (κ2) is 9.26. The number of nitrogens with zero attached hydrogens (tertiary/aromatic N) is 2. The Hall–Kier alpha value is -3.61. The highest BCUT2D eigenvalue weighted by Crippen LogP contribution is 2.21. The second-order valence-corrected chi connectivity index (χ2v) is 7.07. The molecule has 3 rings (SSSR count). The summed E-state index contributed by atoms with van der Waals surface area (Å²) >= 11 is 0. The number of carbonyl (C=O) groups excluding carboxylic acids is 1. The zero-order chi connectivity index (χ0) is 21.7. The number of aromatic nitrogens is 2. The van der Waals surface area contributed by atoms with Crippen LogP contribution in [0.1, 0.15) is 41.8 Å². The Morgan fingerprint density at radius 1 is 1.00 bits per heavy atom. The zero-order valence-corrected chi connectivity index (χ0v) is 17.2. The van der Waals surface area contributed by atoms with Crippen LogP contribution in [0, 0.1) is 0 Å². The summed E-state index contributed by atoms with van der Waals surface area (Å²) in [6.07, 6.45) is 1.49. The van der Waals surface area contributed by atoms with E-state index in [2.05, 4.69) is 4.98 Å². The molecule has 0 aliphatic heterocycles. The van der Waals surface area contributed by atoms with Crippen LogP contribution in [0.3, 0.4) is 0 Å². The van der Waals surface area contributed by atoms with Gasteiger partial charge >= 0.3 is 5.69 Å². The smallest absolute Gasteiger partial charge is 0.330 e. The van der Waals surface area contributed by atoms with Gasteiger partial charge in [-0.15, -0.1) is 0 Å². The molecule has 0 saturated heterocycles. The lowest BCUT2D eigenvalue weighted by molar-refractivity contribution is 0.0986. The SMILES string of the molecule is CCCN(C(=O)c1ccc(CC)cc1)c1c(N)n(Cc2ccccc2)c(=O)[nH]c1=O. The largest absolute Gasteiger partial charge is 0.383 e. The van der Waals surface area contributed by atoms with E-state index in [9.17, 15) is 14.4 Å². The first-order chi connectivity index (χ1) is 14.5. The summed E-state index contributed by atoms with van der Waals surface area (Å²) in [7, 11) is 0. The second-order valence-electron chi connectivity index (χ2n) is 7.07. The molecule has 1 heterocycles. The maximum Gasteiger partial charge on any atom is 0.330 e. The summed E-state index contributed by atoms with van der Waals surface area (Å²) in [4.78, 5) is 42.0. The minimum Gasteiger partial charge on any atom is -0.383 e. The minimum atomic E-state index is -0.672. The molecule has 0 atom stereocenters. The first-order valence-corrected chi connectivity index (χ1v) is 10.0. The standard InChI is InChI=1S/C23H26N4O3/c1-3-14-26(22(29)18-12-10-16(4-2)11-13-18)19-20(24)27(23(30)25-21(19)28)15-17-8-6-5-7-9-17/h5-13H,3-4,14-15,24H2,1-2H3,(H,25,28,30). The number of amides is 1. The average Bonchev–Trinajstić information content (AvgIpc) is 2.76. The van der Waals surface area contributed by atoms with Crippen LogP contribution in [0.2, 0.25) is 0 Å². The van der Waals surface area contributed by atoms with E-state index < -0.39 is 11.2 Å². The molecule has 2 aromatic carbocycles. The number of aryl methyl sites for hydroxylation is 1. The maximum absolute atomic E-state index is 13.2. The van der Waals surface area contributed by atoms with Crippen molar-refractivity contribution in [1.29, 1.82) is 0 Å². The maximum atomic E-state index is 13.2. The molecule has 0 spiro atoms. The molecule has 1 amide bonds. The van der Waals surface area contributed by atoms with Crippen LogP contribution in [0.4, 0.5) is 11.5 Å². The first-order valence-electron chi connectivity index (χ1n) is 10.0. The van der Waals surface area contributed by atoms with E-state index in [1.807, 2.05) is 56.3 Å². The molecule has 0 fully saturated rings. The Labute approximate surface area is 174 Å². The minimum absolute atomic E-state index is 0.00282. The van der Waals surface area contributed by atoms with E-state index in [4.69, 9.17) is 5.73 Å². The number of nitrogens with two attached hydrogens (primary N) is 1. The van der Waals surface area contributed by atoms with Gasteiger partial charge in [0.15, 0.2) is 5.69 Å². The van der Waals surface area contributed by atoms with E-state index >= 15 is 0 Å². The fraction of sp³-hybridized carbons (Fsp3) is 0.261. The van der Waals surface area contributed by atoms with E-state index in [1.54, 1.807) is 12.1 Å². The van der Waals surface area contributed by atoms with Crippen molar-refractivity contribution in [2.24, 2.45) is 0 Å². The summed E-state index contributed by atoms with van der Waals surface area (Å²) in [5.41, 5.74) is 7.42. The molecule has 7 nitrogen and oxygen atoms in total. The fourth-order valence-electron chi connectivity index (χ4n) is 3.34. The first kappa shape index (κ1) is 21.1. The molecule has 156 valence electrons. The van der Waals surface area contributed by atoms with Crippen molar-refractivity contribution < 1.29 is 4.79 Å². The van der Waals surface area contributed by atoms with Gasteiger partial charge in [0.05, 0.1) is 6.54 Å². The van der Waals surface area contributed by atoms with E-state index in [1.165, 1.54) is 9.47 Å². The lowest BCUT2D eigenvalue weighted by Gasteiger charge is -2.24. The Kier molecular flexibility index (Phi) is 6.51. The van der Waals surface area contributed by atoms with Crippen LogP contribution in [0.5, 0.6) is 0 Å². The number of nitrogen functional groups attached to an aromatic ring is 1. The molecule has 30 heavy (non-hydrogen) atoms. The molecule has 0 bridgehead atoms. The van der Waals surface area contributed by atoms with Crippen molar-refractivity contribution in [2.45, 2.75) is 33.2 Å². The highest BCUT2D eigenvalue weighted by molar-refractivity contribution is 6.07. The van der Waals surface area contributed by atoms with Crippen molar-refractivity contribution in [3.63, 3.8) is 0 Å². The number of rotatable bonds is 7. The van der Waals surface area contributed by atoms with Crippen LogP contribution >= 0.6 is 0 Å². The van der Waals surface area contributed by atoms with E-state index in [0.29, 0.717) is 18.5 Å². The van der Waals surface area contributed by atoms with Crippen LogP contribution in [0.15, 0.2) is 64.2 Å². The van der Waals surface area contributed by atoms with Crippen molar-refractivity contribution in [3.8, 4) is 0 Å². The van der Waals surface area contributed by atoms with Gasteiger partial charge in [-0.1, -0.05) is 56.3 Å². The van der Waals surface area contributed by atoms with Gasteiger partial charge in [-0.05, 0) is 36.1 Å². The fourth-order valence-corrected chi connectivity index (χ4v) is 3.34. The van der Waals surface area contributed by atoms with Crippen LogP contribution in [0.25, 0.3) is 0 Å². The lowest BCUT2D eigenvalue weighted by atomic mass is 10.1. The molecule has 7 heteroatoms. The Bertz CT molecular complexity index is 1130. The Balaban J connectivity index is 2.07. The predicted octanol–water partition coefficient (Wildman–Crippen LogP) is 2.79. The monoisotopic (exact) mass is 406 g/mol. The van der Waals surface area contributed by atoms with Gasteiger partial charge in [0.2, 0.25) is 0 Å². The van der Waals surface area contributed by atoms with Gasteiger partial charge in [-0.2, -0.15) is 0 Å². The number of H-pyrrole nitrogens is 1. The molecule has 3 aromatic rings. The summed E-state index contributed by atoms with van der Waals surface area (Å²) in [5.74, 6) is -0.360. The molecule has 3 N–H and O–H groups in total. The number of aromatic amines is 1. The van der Waals surface area contributed by atoms with Gasteiger partial charge in [0, 0.05) is 12.1 Å². The Morgan fingerprint density at radius 3 is 2.27 bits per heavy atom. The summed E-state index contributed by atoms with van der Waals surface area (Å²) in [6.45, 7) is 4.43. The number of hydrogen-bond donors (Lipinski definition) is 2. The van der Waals surface area contributed by atoms with Gasteiger partial charge < -0.3 is 10.6 Å². The van der Waals surface area contributed by atoms with Crippen LogP contribution < -0.4 is 21.9 Å². The normalized spacial score (nSPS) is 10.7. The van der Waals surface area contributed by atoms with Crippen molar-refractivity contribution in [1.82, 2.24) is 9.55 Å². The lowest BCUT2D eigenvalue weighted by Crippen LogP contribution is -2.41. The van der Waals surface area contributed by atoms with Gasteiger partial charge in [-0.25, -0.2) is 4.79 Å². The van der Waals surface area contributed by atoms with Crippen LogP contribution in [-0.2, 0) is 13.0 Å². The van der Waals surface area contributed by atoms with Crippen molar-refractivity contribution in [2.75, 3.05) is 17.2 Å². The number of carbonyl (C=O) groups is 1. The molecule has 0 unspecified atom stereocenters. The number of anilines is 2. The Morgan fingerprint density at radius 2 is 1.67 bits per heavy atom. The third-order valence-electron chi connectivity index (χ3n) is 4.97. The molecule has 0 aliphatic rings. The highest BCUT2D eigenvalue weighted by Gasteiger charge is 2.24. The predicted molar refractivity (Wildman–Crippen MR) is 119 cm³/mol. The summed E-state index contributed by atoms with van der Waals surface area (Å²) < 4.78 is 1.28. The molecule has 0 radical (unpaired) electrons. The quantitative estimate of drug-likeness (QED) is 0.630. The molecular formula is C23H26N4O3.